The van der Waals surface area contributed by atoms with Crippen LogP contribution in [0, 0.1) is 11.8 Å². The highest BCUT2D eigenvalue weighted by Gasteiger charge is 2.32. The zero-order chi connectivity index (χ0) is 27.4. The van der Waals surface area contributed by atoms with E-state index >= 15 is 0 Å². The molecule has 1 aliphatic carbocycles. The van der Waals surface area contributed by atoms with Crippen LogP contribution in [0.2, 0.25) is 0 Å². The van der Waals surface area contributed by atoms with Crippen LogP contribution in [0.3, 0.4) is 0 Å². The quantitative estimate of drug-likeness (QED) is 0.313. The van der Waals surface area contributed by atoms with Gasteiger partial charge in [-0.05, 0) is 85.9 Å². The minimum absolute atomic E-state index is 0.0868. The summed E-state index contributed by atoms with van der Waals surface area (Å²) in [6, 6.07) is 14.1. The second-order valence-electron chi connectivity index (χ2n) is 11.0. The Morgan fingerprint density at radius 1 is 1.08 bits per heavy atom. The summed E-state index contributed by atoms with van der Waals surface area (Å²) in [6.07, 6.45) is 6.48. The maximum absolute atomic E-state index is 11.8. The summed E-state index contributed by atoms with van der Waals surface area (Å²) in [5.41, 5.74) is 3.74. The number of rotatable bonds is 12. The van der Waals surface area contributed by atoms with E-state index in [1.165, 1.54) is 11.1 Å². The van der Waals surface area contributed by atoms with Crippen molar-refractivity contribution in [1.82, 2.24) is 4.57 Å². The molecule has 0 amide bonds. The maximum Gasteiger partial charge on any atom is 0.303 e. The number of fused-ring (bicyclic) bond motifs is 1. The molecule has 2 aromatic carbocycles. The van der Waals surface area contributed by atoms with E-state index in [9.17, 15) is 15.0 Å². The number of carbonyl (C=O) groups is 1. The van der Waals surface area contributed by atoms with Gasteiger partial charge in [0, 0.05) is 31.3 Å². The molecule has 38 heavy (non-hydrogen) atoms. The fraction of sp³-hybridized carbons (Fsp3) is 0.452. The van der Waals surface area contributed by atoms with Crippen molar-refractivity contribution in [2.45, 2.75) is 64.2 Å². The Balaban J connectivity index is 1.63. The minimum atomic E-state index is -1.19. The lowest BCUT2D eigenvalue weighted by Gasteiger charge is -2.29. The largest absolute Gasteiger partial charge is 0.496 e. The molecule has 0 fully saturated rings. The van der Waals surface area contributed by atoms with Crippen molar-refractivity contribution in [3.05, 3.63) is 82.7 Å². The van der Waals surface area contributed by atoms with Crippen LogP contribution in [-0.4, -0.2) is 40.1 Å². The van der Waals surface area contributed by atoms with E-state index in [4.69, 9.17) is 14.6 Å². The van der Waals surface area contributed by atoms with Crippen LogP contribution in [-0.2, 0) is 36.2 Å². The van der Waals surface area contributed by atoms with Gasteiger partial charge in [0.05, 0.1) is 31.5 Å². The molecule has 7 nitrogen and oxygen atoms in total. The average Bonchev–Trinajstić information content (AvgIpc) is 3.51. The highest BCUT2D eigenvalue weighted by molar-refractivity contribution is 5.67. The third-order valence-electron chi connectivity index (χ3n) is 7.58. The van der Waals surface area contributed by atoms with E-state index in [1.807, 2.05) is 23.0 Å². The zero-order valence-corrected chi connectivity index (χ0v) is 22.7. The first kappa shape index (κ1) is 27.7. The van der Waals surface area contributed by atoms with Crippen molar-refractivity contribution in [2.75, 3.05) is 14.2 Å². The number of aliphatic hydroxyl groups is 2. The molecule has 204 valence electrons. The number of aliphatic carboxylic acids is 1. The monoisotopic (exact) mass is 521 g/mol. The van der Waals surface area contributed by atoms with Crippen molar-refractivity contribution < 1.29 is 29.6 Å². The topological polar surface area (TPSA) is 101 Å². The smallest absolute Gasteiger partial charge is 0.303 e. The number of nitrogens with zero attached hydrogens (tertiary/aromatic N) is 1. The number of aliphatic hydroxyl groups excluding tert-OH is 1. The maximum atomic E-state index is 11.8. The lowest BCUT2D eigenvalue weighted by molar-refractivity contribution is -0.136. The van der Waals surface area contributed by atoms with Gasteiger partial charge in [0.25, 0.3) is 0 Å². The standard InChI is InChI=1S/C31H39NO6/c1-31(2,36)29-26(37-3)16-24(17-27(29)38-4)30(35)25(15-21-13-22-7-5-6-8-23(22)14-21)19-32-12-11-20(18-32)9-10-28(33)34/h5-8,11-12,16-18,21,25,30,35-36H,9-10,13-15,19H2,1-4H3,(H,33,34)/t25-,30+/m0/s1. The molecule has 0 unspecified atom stereocenters. The van der Waals surface area contributed by atoms with Crippen molar-refractivity contribution >= 4 is 5.97 Å². The Hall–Kier alpha value is -3.29. The molecule has 0 radical (unpaired) electrons. The summed E-state index contributed by atoms with van der Waals surface area (Å²) in [4.78, 5) is 11.0. The van der Waals surface area contributed by atoms with Crippen LogP contribution < -0.4 is 9.47 Å². The molecule has 2 atom stereocenters. The first-order valence-corrected chi connectivity index (χ1v) is 13.2. The molecule has 0 aliphatic heterocycles. The van der Waals surface area contributed by atoms with Crippen LogP contribution in [0.4, 0.5) is 0 Å². The van der Waals surface area contributed by atoms with Crippen LogP contribution in [0.1, 0.15) is 60.6 Å². The van der Waals surface area contributed by atoms with Crippen molar-refractivity contribution in [3.8, 4) is 11.5 Å². The Morgan fingerprint density at radius 3 is 2.21 bits per heavy atom. The van der Waals surface area contributed by atoms with Gasteiger partial charge in [-0.3, -0.25) is 4.79 Å². The lowest BCUT2D eigenvalue weighted by Crippen LogP contribution is -2.23. The van der Waals surface area contributed by atoms with E-state index < -0.39 is 17.7 Å². The molecule has 0 spiro atoms. The second-order valence-corrected chi connectivity index (χ2v) is 11.0. The molecule has 0 saturated heterocycles. The van der Waals surface area contributed by atoms with Gasteiger partial charge in [0.1, 0.15) is 11.5 Å². The highest BCUT2D eigenvalue weighted by atomic mass is 16.5. The third kappa shape index (κ3) is 6.40. The molecule has 0 saturated carbocycles. The number of ether oxygens (including phenoxy) is 2. The van der Waals surface area contributed by atoms with Crippen molar-refractivity contribution in [1.29, 1.82) is 0 Å². The Kier molecular flexibility index (Phi) is 8.48. The minimum Gasteiger partial charge on any atom is -0.496 e. The number of aryl methyl sites for hydroxylation is 1. The van der Waals surface area contributed by atoms with Crippen molar-refractivity contribution in [3.63, 3.8) is 0 Å². The van der Waals surface area contributed by atoms with Gasteiger partial charge in [0.2, 0.25) is 0 Å². The van der Waals surface area contributed by atoms with Crippen LogP contribution in [0.15, 0.2) is 54.9 Å². The molecule has 3 N–H and O–H groups in total. The van der Waals surface area contributed by atoms with Gasteiger partial charge < -0.3 is 29.4 Å². The van der Waals surface area contributed by atoms with Gasteiger partial charge in [-0.1, -0.05) is 24.3 Å². The van der Waals surface area contributed by atoms with Gasteiger partial charge in [-0.2, -0.15) is 0 Å². The first-order chi connectivity index (χ1) is 18.1. The van der Waals surface area contributed by atoms with E-state index in [0.29, 0.717) is 41.5 Å². The number of benzene rings is 2. The Labute approximate surface area is 224 Å². The zero-order valence-electron chi connectivity index (χ0n) is 22.7. The molecule has 1 heterocycles. The molecule has 1 aliphatic rings. The average molecular weight is 522 g/mol. The number of hydrogen-bond donors (Lipinski definition) is 3. The summed E-state index contributed by atoms with van der Waals surface area (Å²) in [5.74, 6) is 0.416. The normalized spacial score (nSPS) is 15.2. The molecular weight excluding hydrogens is 482 g/mol. The molecule has 0 bridgehead atoms. The fourth-order valence-electron chi connectivity index (χ4n) is 5.80. The summed E-state index contributed by atoms with van der Waals surface area (Å²) < 4.78 is 13.3. The molecule has 3 aromatic rings. The predicted molar refractivity (Wildman–Crippen MR) is 146 cm³/mol. The van der Waals surface area contributed by atoms with Crippen LogP contribution >= 0.6 is 0 Å². The second kappa shape index (κ2) is 11.6. The van der Waals surface area contributed by atoms with E-state index in [1.54, 1.807) is 40.2 Å². The molecule has 7 heteroatoms. The first-order valence-electron chi connectivity index (χ1n) is 13.2. The van der Waals surface area contributed by atoms with E-state index in [-0.39, 0.29) is 12.3 Å². The molecular formula is C31H39NO6. The Morgan fingerprint density at radius 2 is 1.68 bits per heavy atom. The van der Waals surface area contributed by atoms with Gasteiger partial charge in [0.15, 0.2) is 0 Å². The summed E-state index contributed by atoms with van der Waals surface area (Å²) in [7, 11) is 3.10. The van der Waals surface area contributed by atoms with Gasteiger partial charge in [-0.25, -0.2) is 0 Å². The number of aromatic nitrogens is 1. The predicted octanol–water partition coefficient (Wildman–Crippen LogP) is 4.90. The Bertz CT molecular complexity index is 1210. The molecule has 4 rings (SSSR count). The fourth-order valence-corrected chi connectivity index (χ4v) is 5.80. The summed E-state index contributed by atoms with van der Waals surface area (Å²) >= 11 is 0. The summed E-state index contributed by atoms with van der Waals surface area (Å²) in [6.45, 7) is 3.94. The summed E-state index contributed by atoms with van der Waals surface area (Å²) in [5, 5.41) is 31.5. The van der Waals surface area contributed by atoms with E-state index in [2.05, 4.69) is 24.3 Å². The molecule has 1 aromatic heterocycles. The van der Waals surface area contributed by atoms with Crippen LogP contribution in [0.25, 0.3) is 0 Å². The number of methoxy groups -OCH3 is 2. The number of carboxylic acids is 1. The number of carboxylic acid groups (broad SMARTS) is 1. The van der Waals surface area contributed by atoms with Gasteiger partial charge in [-0.15, -0.1) is 0 Å². The van der Waals surface area contributed by atoms with Crippen LogP contribution in [0.5, 0.6) is 11.5 Å². The lowest BCUT2D eigenvalue weighted by atomic mass is 9.84. The van der Waals surface area contributed by atoms with Crippen molar-refractivity contribution in [2.24, 2.45) is 11.8 Å². The SMILES string of the molecule is COc1cc([C@@H](O)[C@@H](CC2Cc3ccccc3C2)Cn2ccc(CCC(=O)O)c2)cc(OC)c1C(C)(C)O. The third-order valence-corrected chi connectivity index (χ3v) is 7.58. The van der Waals surface area contributed by atoms with E-state index in [0.717, 1.165) is 24.8 Å². The number of hydrogen-bond acceptors (Lipinski definition) is 5. The highest BCUT2D eigenvalue weighted by Crippen LogP contribution is 2.42. The van der Waals surface area contributed by atoms with Gasteiger partial charge >= 0.3 is 5.97 Å².